The number of aromatic hydroxyl groups is 1. The maximum Gasteiger partial charge on any atom is 0.290 e. The van der Waals surface area contributed by atoms with Crippen molar-refractivity contribution in [1.82, 2.24) is 19.6 Å². The van der Waals surface area contributed by atoms with E-state index in [0.29, 0.717) is 36.6 Å². The Morgan fingerprint density at radius 3 is 2.71 bits per heavy atom. The molecule has 8 nitrogen and oxygen atoms in total. The molecule has 0 unspecified atom stereocenters. The highest BCUT2D eigenvalue weighted by Gasteiger charge is 2.40. The molecule has 1 saturated carbocycles. The molecule has 2 heterocycles. The number of hydrogen-bond donors (Lipinski definition) is 2. The Labute approximate surface area is 162 Å². The monoisotopic (exact) mass is 381 g/mol. The highest BCUT2D eigenvalue weighted by molar-refractivity contribution is 5.44. The van der Waals surface area contributed by atoms with E-state index in [9.17, 15) is 9.90 Å². The molecule has 2 atom stereocenters. The molecule has 1 aliphatic carbocycles. The summed E-state index contributed by atoms with van der Waals surface area (Å²) in [5.74, 6) is 1.48. The molecule has 8 heteroatoms. The average molecular weight is 381 g/mol. The van der Waals surface area contributed by atoms with E-state index in [-0.39, 0.29) is 11.3 Å². The zero-order valence-electron chi connectivity index (χ0n) is 15.9. The molecule has 0 saturated heterocycles. The summed E-state index contributed by atoms with van der Waals surface area (Å²) in [5.41, 5.74) is 2.26. The first-order valence-electron chi connectivity index (χ1n) is 9.22. The standard InChI is InChI=1S/C20H23N5O3/c1-24-8-7-17(22-24)16-9-14(16)12-28-19-10-18(20(27)25(2)23-19)21-11-13-3-5-15(26)6-4-13/h3-8,10,14,16,21,26H,9,11-12H2,1-2H3/t14-,16+/m1/s1. The zero-order valence-corrected chi connectivity index (χ0v) is 15.9. The normalized spacial score (nSPS) is 18.1. The first kappa shape index (κ1) is 18.1. The molecule has 3 aromatic rings. The van der Waals surface area contributed by atoms with Gasteiger partial charge in [0.25, 0.3) is 5.56 Å². The molecule has 4 rings (SSSR count). The zero-order chi connectivity index (χ0) is 19.7. The molecule has 2 aromatic heterocycles. The van der Waals surface area contributed by atoms with Crippen LogP contribution in [-0.2, 0) is 20.6 Å². The number of phenols is 1. The van der Waals surface area contributed by atoms with Crippen molar-refractivity contribution in [2.24, 2.45) is 20.0 Å². The number of rotatable bonds is 7. The minimum absolute atomic E-state index is 0.211. The number of ether oxygens (including phenoxy) is 1. The molecule has 146 valence electrons. The quantitative estimate of drug-likeness (QED) is 0.650. The summed E-state index contributed by atoms with van der Waals surface area (Å²) < 4.78 is 8.94. The molecule has 0 radical (unpaired) electrons. The Morgan fingerprint density at radius 2 is 2.00 bits per heavy atom. The second-order valence-corrected chi connectivity index (χ2v) is 7.17. The Bertz CT molecular complexity index is 1030. The summed E-state index contributed by atoms with van der Waals surface area (Å²) in [6.45, 7) is 1.01. The smallest absolute Gasteiger partial charge is 0.290 e. The molecular weight excluding hydrogens is 358 g/mol. The van der Waals surface area contributed by atoms with Gasteiger partial charge in [0.15, 0.2) is 0 Å². The number of aryl methyl sites for hydroxylation is 2. The first-order valence-corrected chi connectivity index (χ1v) is 9.22. The number of nitrogens with one attached hydrogen (secondary N) is 1. The molecule has 0 spiro atoms. The molecule has 1 aliphatic rings. The highest BCUT2D eigenvalue weighted by atomic mass is 16.5. The minimum Gasteiger partial charge on any atom is -0.508 e. The molecule has 0 aliphatic heterocycles. The van der Waals surface area contributed by atoms with Gasteiger partial charge in [0.2, 0.25) is 5.88 Å². The van der Waals surface area contributed by atoms with Crippen molar-refractivity contribution in [2.45, 2.75) is 18.9 Å². The number of nitrogens with zero attached hydrogens (tertiary/aromatic N) is 4. The third kappa shape index (κ3) is 4.00. The summed E-state index contributed by atoms with van der Waals surface area (Å²) >= 11 is 0. The lowest BCUT2D eigenvalue weighted by Gasteiger charge is -2.11. The van der Waals surface area contributed by atoms with Gasteiger partial charge in [-0.2, -0.15) is 5.10 Å². The molecular formula is C20H23N5O3. The Balaban J connectivity index is 1.38. The van der Waals surface area contributed by atoms with Crippen LogP contribution in [0.5, 0.6) is 11.6 Å². The van der Waals surface area contributed by atoms with Crippen LogP contribution in [0.15, 0.2) is 47.4 Å². The third-order valence-corrected chi connectivity index (χ3v) is 4.94. The van der Waals surface area contributed by atoms with Gasteiger partial charge in [-0.25, -0.2) is 4.68 Å². The minimum atomic E-state index is -0.219. The Morgan fingerprint density at radius 1 is 1.21 bits per heavy atom. The van der Waals surface area contributed by atoms with Crippen molar-refractivity contribution in [2.75, 3.05) is 11.9 Å². The van der Waals surface area contributed by atoms with Crippen molar-refractivity contribution in [3.63, 3.8) is 0 Å². The molecule has 0 amide bonds. The van der Waals surface area contributed by atoms with Gasteiger partial charge in [-0.05, 0) is 30.2 Å². The molecule has 28 heavy (non-hydrogen) atoms. The summed E-state index contributed by atoms with van der Waals surface area (Å²) in [7, 11) is 3.52. The van der Waals surface area contributed by atoms with Gasteiger partial charge < -0.3 is 15.2 Å². The van der Waals surface area contributed by atoms with Crippen LogP contribution in [0, 0.1) is 5.92 Å². The fraction of sp³-hybridized carbons (Fsp3) is 0.350. The van der Waals surface area contributed by atoms with Crippen LogP contribution in [0.1, 0.15) is 23.6 Å². The average Bonchev–Trinajstić information content (AvgIpc) is 3.33. The molecule has 2 N–H and O–H groups in total. The van der Waals surface area contributed by atoms with E-state index in [1.807, 2.05) is 24.0 Å². The first-order chi connectivity index (χ1) is 13.5. The topological polar surface area (TPSA) is 94.2 Å². The van der Waals surface area contributed by atoms with E-state index in [0.717, 1.165) is 17.7 Å². The van der Waals surface area contributed by atoms with Crippen molar-refractivity contribution >= 4 is 5.69 Å². The summed E-state index contributed by atoms with van der Waals surface area (Å²) in [6, 6.07) is 10.5. The second-order valence-electron chi connectivity index (χ2n) is 7.17. The van der Waals surface area contributed by atoms with Gasteiger partial charge in [-0.3, -0.25) is 9.48 Å². The predicted molar refractivity (Wildman–Crippen MR) is 104 cm³/mol. The highest BCUT2D eigenvalue weighted by Crippen LogP contribution is 2.46. The van der Waals surface area contributed by atoms with Crippen molar-refractivity contribution in [3.8, 4) is 11.6 Å². The van der Waals surface area contributed by atoms with Crippen LogP contribution in [0.3, 0.4) is 0 Å². The van der Waals surface area contributed by atoms with Gasteiger partial charge >= 0.3 is 0 Å². The Hall–Kier alpha value is -3.29. The Kier molecular flexibility index (Phi) is 4.77. The number of aromatic nitrogens is 4. The van der Waals surface area contributed by atoms with E-state index < -0.39 is 0 Å². The number of hydrogen-bond acceptors (Lipinski definition) is 6. The number of anilines is 1. The second kappa shape index (κ2) is 7.38. The number of benzene rings is 1. The van der Waals surface area contributed by atoms with Gasteiger partial charge in [-0.15, -0.1) is 5.10 Å². The van der Waals surface area contributed by atoms with E-state index in [4.69, 9.17) is 4.74 Å². The van der Waals surface area contributed by atoms with Gasteiger partial charge in [-0.1, -0.05) is 12.1 Å². The predicted octanol–water partition coefficient (Wildman–Crippen LogP) is 2.01. The SMILES string of the molecule is Cn1ccc([C@H]2C[C@@H]2COc2cc(NCc3ccc(O)cc3)c(=O)n(C)n2)n1. The lowest BCUT2D eigenvalue weighted by Crippen LogP contribution is -2.24. The van der Waals surface area contributed by atoms with Crippen molar-refractivity contribution < 1.29 is 9.84 Å². The fourth-order valence-corrected chi connectivity index (χ4v) is 3.21. The van der Waals surface area contributed by atoms with Crippen LogP contribution < -0.4 is 15.6 Å². The third-order valence-electron chi connectivity index (χ3n) is 4.94. The van der Waals surface area contributed by atoms with Crippen molar-refractivity contribution in [1.29, 1.82) is 0 Å². The van der Waals surface area contributed by atoms with Crippen LogP contribution in [0.2, 0.25) is 0 Å². The summed E-state index contributed by atoms with van der Waals surface area (Å²) in [4.78, 5) is 12.3. The van der Waals surface area contributed by atoms with E-state index in [1.165, 1.54) is 4.68 Å². The van der Waals surface area contributed by atoms with Crippen LogP contribution >= 0.6 is 0 Å². The molecule has 0 bridgehead atoms. The van der Waals surface area contributed by atoms with Gasteiger partial charge in [0.1, 0.15) is 11.4 Å². The van der Waals surface area contributed by atoms with E-state index >= 15 is 0 Å². The lowest BCUT2D eigenvalue weighted by molar-refractivity contribution is 0.278. The van der Waals surface area contributed by atoms with Crippen LogP contribution in [0.4, 0.5) is 5.69 Å². The largest absolute Gasteiger partial charge is 0.508 e. The van der Waals surface area contributed by atoms with Gasteiger partial charge in [0, 0.05) is 44.7 Å². The lowest BCUT2D eigenvalue weighted by atomic mass is 10.2. The van der Waals surface area contributed by atoms with Crippen molar-refractivity contribution in [3.05, 3.63) is 64.2 Å². The van der Waals surface area contributed by atoms with Crippen LogP contribution in [0.25, 0.3) is 0 Å². The van der Waals surface area contributed by atoms with Crippen LogP contribution in [-0.4, -0.2) is 31.3 Å². The van der Waals surface area contributed by atoms with E-state index in [2.05, 4.69) is 15.5 Å². The van der Waals surface area contributed by atoms with Gasteiger partial charge in [0.05, 0.1) is 12.3 Å². The molecule has 1 aromatic carbocycles. The maximum atomic E-state index is 12.3. The summed E-state index contributed by atoms with van der Waals surface area (Å²) in [5, 5.41) is 21.1. The molecule has 1 fully saturated rings. The fourth-order valence-electron chi connectivity index (χ4n) is 3.21. The maximum absolute atomic E-state index is 12.3. The summed E-state index contributed by atoms with van der Waals surface area (Å²) in [6.07, 6.45) is 3.00. The van der Waals surface area contributed by atoms with E-state index in [1.54, 1.807) is 37.4 Å². The number of phenolic OH excluding ortho intramolecular Hbond substituents is 1.